The molecule has 7 nitrogen and oxygen atoms in total. The van der Waals surface area contributed by atoms with E-state index in [1.54, 1.807) is 6.07 Å². The third-order valence-corrected chi connectivity index (χ3v) is 4.61. The Balaban J connectivity index is 1.91. The van der Waals surface area contributed by atoms with Gasteiger partial charge in [0.2, 0.25) is 5.91 Å². The smallest absolute Gasteiger partial charge is 0.264 e. The van der Waals surface area contributed by atoms with Gasteiger partial charge in [-0.3, -0.25) is 9.59 Å². The van der Waals surface area contributed by atoms with Crippen molar-refractivity contribution in [1.29, 1.82) is 0 Å². The predicted molar refractivity (Wildman–Crippen MR) is 93.3 cm³/mol. The van der Waals surface area contributed by atoms with Crippen molar-refractivity contribution in [2.75, 3.05) is 5.32 Å². The van der Waals surface area contributed by atoms with Crippen LogP contribution in [0.2, 0.25) is 5.02 Å². The maximum absolute atomic E-state index is 12.3. The van der Waals surface area contributed by atoms with Gasteiger partial charge in [0.1, 0.15) is 5.82 Å². The highest BCUT2D eigenvalue weighted by Gasteiger charge is 2.33. The number of hydrogen-bond donors (Lipinski definition) is 2. The molecule has 0 saturated heterocycles. The van der Waals surface area contributed by atoms with E-state index in [9.17, 15) is 9.59 Å². The number of benzene rings is 1. The summed E-state index contributed by atoms with van der Waals surface area (Å²) in [5.41, 5.74) is 2.26. The topological polar surface area (TPSA) is 92.7 Å². The minimum atomic E-state index is -0.306. The van der Waals surface area contributed by atoms with Gasteiger partial charge in [0, 0.05) is 29.0 Å². The van der Waals surface area contributed by atoms with E-state index in [0.29, 0.717) is 23.1 Å². The Hall–Kier alpha value is -2.93. The molecule has 0 saturated carbocycles. The van der Waals surface area contributed by atoms with Crippen molar-refractivity contribution in [2.45, 2.75) is 19.3 Å². The zero-order chi connectivity index (χ0) is 17.6. The van der Waals surface area contributed by atoms with Crippen molar-refractivity contribution in [1.82, 2.24) is 20.0 Å². The summed E-state index contributed by atoms with van der Waals surface area (Å²) in [7, 11) is 0. The number of rotatable bonds is 2. The number of aryl methyl sites for hydroxylation is 1. The Morgan fingerprint density at radius 3 is 2.72 bits per heavy atom. The number of nitrogens with zero attached hydrogens (tertiary/aromatic N) is 3. The molecule has 1 aromatic carbocycles. The van der Waals surface area contributed by atoms with Crippen molar-refractivity contribution in [3.63, 3.8) is 0 Å². The van der Waals surface area contributed by atoms with Crippen LogP contribution in [-0.2, 0) is 4.79 Å². The first-order valence-electron chi connectivity index (χ1n) is 7.74. The van der Waals surface area contributed by atoms with E-state index < -0.39 is 0 Å². The number of carbonyl (C=O) groups is 1. The van der Waals surface area contributed by atoms with Crippen molar-refractivity contribution in [3.8, 4) is 5.82 Å². The molecule has 25 heavy (non-hydrogen) atoms. The quantitative estimate of drug-likeness (QED) is 0.738. The molecular weight excluding hydrogens is 342 g/mol. The molecular formula is C17H14ClN5O2. The fourth-order valence-corrected chi connectivity index (χ4v) is 3.46. The Kier molecular flexibility index (Phi) is 3.65. The minimum absolute atomic E-state index is 0.122. The van der Waals surface area contributed by atoms with Crippen molar-refractivity contribution in [2.24, 2.45) is 0 Å². The van der Waals surface area contributed by atoms with E-state index in [4.69, 9.17) is 11.6 Å². The summed E-state index contributed by atoms with van der Waals surface area (Å²) in [6, 6.07) is 10.4. The minimum Gasteiger partial charge on any atom is -0.310 e. The zero-order valence-corrected chi connectivity index (χ0v) is 14.0. The van der Waals surface area contributed by atoms with Crippen molar-refractivity contribution >= 4 is 23.3 Å². The van der Waals surface area contributed by atoms with Crippen molar-refractivity contribution in [3.05, 3.63) is 68.6 Å². The van der Waals surface area contributed by atoms with E-state index in [0.717, 1.165) is 16.8 Å². The summed E-state index contributed by atoms with van der Waals surface area (Å²) in [4.78, 5) is 23.5. The van der Waals surface area contributed by atoms with E-state index in [1.807, 2.05) is 31.2 Å². The van der Waals surface area contributed by atoms with Crippen LogP contribution in [0.4, 0.5) is 5.82 Å². The number of halogens is 1. The van der Waals surface area contributed by atoms with Crippen LogP contribution in [0.25, 0.3) is 5.82 Å². The second kappa shape index (κ2) is 5.86. The Labute approximate surface area is 147 Å². The standard InChI is InChI=1S/C17H14ClN5O2/c1-9-16-11(10-4-2-3-5-12(10)18)8-15(25)19-17(16)23(22-9)13-6-7-14(24)21-20-13/h2-7,11H,8H2,1H3,(H,19,25)(H,21,24)/t11-/m0/s1. The second-order valence-electron chi connectivity index (χ2n) is 5.87. The van der Waals surface area contributed by atoms with Crippen molar-refractivity contribution < 1.29 is 4.79 Å². The van der Waals surface area contributed by atoms with Crippen LogP contribution >= 0.6 is 11.6 Å². The van der Waals surface area contributed by atoms with Gasteiger partial charge in [-0.2, -0.15) is 14.9 Å². The number of fused-ring (bicyclic) bond motifs is 1. The molecule has 1 atom stereocenters. The highest BCUT2D eigenvalue weighted by Crippen LogP contribution is 2.41. The van der Waals surface area contributed by atoms with Crippen LogP contribution in [-0.4, -0.2) is 25.9 Å². The van der Waals surface area contributed by atoms with Gasteiger partial charge < -0.3 is 5.32 Å². The van der Waals surface area contributed by atoms with Gasteiger partial charge in [-0.15, -0.1) is 0 Å². The van der Waals surface area contributed by atoms with E-state index in [1.165, 1.54) is 10.7 Å². The Bertz CT molecular complexity index is 1020. The fourth-order valence-electron chi connectivity index (χ4n) is 3.19. The number of nitrogens with one attached hydrogen (secondary N) is 2. The number of carbonyl (C=O) groups excluding carboxylic acids is 1. The lowest BCUT2D eigenvalue weighted by atomic mass is 9.86. The van der Waals surface area contributed by atoms with Crippen LogP contribution in [0.1, 0.15) is 29.2 Å². The normalized spacial score (nSPS) is 16.4. The number of aromatic nitrogens is 4. The molecule has 4 rings (SSSR count). The summed E-state index contributed by atoms with van der Waals surface area (Å²) >= 11 is 6.35. The lowest BCUT2D eigenvalue weighted by molar-refractivity contribution is -0.116. The number of H-pyrrole nitrogens is 1. The monoisotopic (exact) mass is 355 g/mol. The SMILES string of the molecule is Cc1nn(-c2ccc(=O)[nH]n2)c2c1[C@H](c1ccccc1Cl)CC(=O)N2. The first-order valence-corrected chi connectivity index (χ1v) is 8.12. The molecule has 3 heterocycles. The van der Waals surface area contributed by atoms with Gasteiger partial charge in [-0.05, 0) is 24.6 Å². The van der Waals surface area contributed by atoms with E-state index >= 15 is 0 Å². The van der Waals surface area contributed by atoms with E-state index in [2.05, 4.69) is 20.6 Å². The van der Waals surface area contributed by atoms with Crippen LogP contribution in [0.3, 0.4) is 0 Å². The first kappa shape index (κ1) is 15.6. The van der Waals surface area contributed by atoms with Crippen LogP contribution in [0.5, 0.6) is 0 Å². The summed E-state index contributed by atoms with van der Waals surface area (Å²) in [6.45, 7) is 1.88. The molecule has 0 fully saturated rings. The molecule has 0 bridgehead atoms. The zero-order valence-electron chi connectivity index (χ0n) is 13.3. The lowest BCUT2D eigenvalue weighted by Crippen LogP contribution is -2.25. The molecule has 0 spiro atoms. The van der Waals surface area contributed by atoms with Gasteiger partial charge in [0.05, 0.1) is 5.69 Å². The highest BCUT2D eigenvalue weighted by atomic mass is 35.5. The number of hydrogen-bond acceptors (Lipinski definition) is 4. The van der Waals surface area contributed by atoms with Crippen LogP contribution < -0.4 is 10.9 Å². The highest BCUT2D eigenvalue weighted by molar-refractivity contribution is 6.31. The number of amides is 1. The Morgan fingerprint density at radius 1 is 1.20 bits per heavy atom. The maximum Gasteiger partial charge on any atom is 0.264 e. The molecule has 0 radical (unpaired) electrons. The van der Waals surface area contributed by atoms with Gasteiger partial charge in [-0.25, -0.2) is 5.10 Å². The number of anilines is 1. The molecule has 1 aliphatic heterocycles. The molecule has 0 unspecified atom stereocenters. The van der Waals surface area contributed by atoms with Crippen LogP contribution in [0, 0.1) is 6.92 Å². The summed E-state index contributed by atoms with van der Waals surface area (Å²) in [5, 5.41) is 14.4. The average Bonchev–Trinajstić information content (AvgIpc) is 2.92. The second-order valence-corrected chi connectivity index (χ2v) is 6.27. The molecule has 1 aliphatic rings. The maximum atomic E-state index is 12.3. The van der Waals surface area contributed by atoms with Gasteiger partial charge in [-0.1, -0.05) is 29.8 Å². The largest absolute Gasteiger partial charge is 0.310 e. The summed E-state index contributed by atoms with van der Waals surface area (Å²) < 4.78 is 1.53. The lowest BCUT2D eigenvalue weighted by Gasteiger charge is -2.24. The molecule has 8 heteroatoms. The third kappa shape index (κ3) is 2.62. The molecule has 2 aromatic heterocycles. The van der Waals surface area contributed by atoms with Gasteiger partial charge in [0.25, 0.3) is 5.56 Å². The Morgan fingerprint density at radius 2 is 2.00 bits per heavy atom. The molecule has 3 aromatic rings. The first-order chi connectivity index (χ1) is 12.0. The fraction of sp³-hybridized carbons (Fsp3) is 0.176. The molecule has 0 aliphatic carbocycles. The molecule has 1 amide bonds. The van der Waals surface area contributed by atoms with Crippen LogP contribution in [0.15, 0.2) is 41.2 Å². The molecule has 2 N–H and O–H groups in total. The molecule has 126 valence electrons. The summed E-state index contributed by atoms with van der Waals surface area (Å²) in [6.07, 6.45) is 0.294. The predicted octanol–water partition coefficient (Wildman–Crippen LogP) is 2.39. The van der Waals surface area contributed by atoms with Gasteiger partial charge >= 0.3 is 0 Å². The average molecular weight is 356 g/mol. The van der Waals surface area contributed by atoms with E-state index in [-0.39, 0.29) is 17.4 Å². The number of aromatic amines is 1. The summed E-state index contributed by atoms with van der Waals surface area (Å²) in [5.74, 6) is 0.666. The third-order valence-electron chi connectivity index (χ3n) is 4.26. The van der Waals surface area contributed by atoms with Gasteiger partial charge in [0.15, 0.2) is 5.82 Å².